The van der Waals surface area contributed by atoms with E-state index in [0.29, 0.717) is 0 Å². The number of aromatic nitrogens is 2. The minimum Gasteiger partial charge on any atom is -0.477 e. The third-order valence-electron chi connectivity index (χ3n) is 3.83. The highest BCUT2D eigenvalue weighted by molar-refractivity contribution is 6.29. The molecule has 1 aliphatic rings. The summed E-state index contributed by atoms with van der Waals surface area (Å²) < 4.78 is 40.0. The molecule has 136 valence electrons. The maximum atomic E-state index is 13.0. The molecule has 0 spiro atoms. The molecule has 2 heterocycles. The summed E-state index contributed by atoms with van der Waals surface area (Å²) in [5.74, 6) is -2.28. The molecule has 0 unspecified atom stereocenters. The summed E-state index contributed by atoms with van der Waals surface area (Å²) in [7, 11) is 0. The molecule has 6 nitrogen and oxygen atoms in total. The van der Waals surface area contributed by atoms with E-state index in [1.807, 2.05) is 0 Å². The van der Waals surface area contributed by atoms with E-state index >= 15 is 0 Å². The average Bonchev–Trinajstić information content (AvgIpc) is 3.05. The Kier molecular flexibility index (Phi) is 4.49. The van der Waals surface area contributed by atoms with Crippen LogP contribution in [0.25, 0.3) is 5.70 Å². The van der Waals surface area contributed by atoms with Crippen molar-refractivity contribution in [3.8, 4) is 0 Å². The number of carboxylic acid groups (broad SMARTS) is 1. The van der Waals surface area contributed by atoms with Crippen LogP contribution in [0.2, 0.25) is 0 Å². The molecule has 1 aromatic heterocycles. The lowest BCUT2D eigenvalue weighted by molar-refractivity contribution is -0.137. The number of anilines is 1. The summed E-state index contributed by atoms with van der Waals surface area (Å²) in [6, 6.07) is 4.57. The minimum atomic E-state index is -4.52. The van der Waals surface area contributed by atoms with Crippen LogP contribution in [0, 0.1) is 0 Å². The molecular weight excluding hydrogens is 375 g/mol. The molecule has 0 aliphatic carbocycles. The topological polar surface area (TPSA) is 75.4 Å². The quantitative estimate of drug-likeness (QED) is 0.824. The molecule has 2 aromatic rings. The highest BCUT2D eigenvalue weighted by Crippen LogP contribution is 2.34. The van der Waals surface area contributed by atoms with E-state index in [9.17, 15) is 27.9 Å². The molecule has 0 saturated carbocycles. The van der Waals surface area contributed by atoms with E-state index in [1.165, 1.54) is 18.2 Å². The normalized spacial score (nSPS) is 14.0. The number of amides is 1. The molecule has 0 bridgehead atoms. The second-order valence-corrected chi connectivity index (χ2v) is 5.67. The van der Waals surface area contributed by atoms with Crippen molar-refractivity contribution in [1.29, 1.82) is 0 Å². The van der Waals surface area contributed by atoms with Gasteiger partial charge in [-0.15, -0.1) is 11.6 Å². The molecule has 0 fully saturated rings. The second kappa shape index (κ2) is 6.49. The lowest BCUT2D eigenvalue weighted by Gasteiger charge is -2.28. The van der Waals surface area contributed by atoms with Gasteiger partial charge in [0.05, 0.1) is 17.5 Å². The summed E-state index contributed by atoms with van der Waals surface area (Å²) >= 11 is 5.56. The molecular formula is C16H11ClF3N3O3. The van der Waals surface area contributed by atoms with Crippen molar-refractivity contribution >= 4 is 35.0 Å². The van der Waals surface area contributed by atoms with Gasteiger partial charge in [-0.05, 0) is 18.2 Å². The Hall–Kier alpha value is -2.81. The lowest BCUT2D eigenvalue weighted by atomic mass is 10.1. The van der Waals surface area contributed by atoms with Crippen molar-refractivity contribution in [2.45, 2.75) is 6.18 Å². The van der Waals surface area contributed by atoms with Crippen molar-refractivity contribution in [2.75, 3.05) is 17.3 Å². The lowest BCUT2D eigenvalue weighted by Crippen LogP contribution is -2.37. The van der Waals surface area contributed by atoms with Crippen LogP contribution in [0.3, 0.4) is 0 Å². The van der Waals surface area contributed by atoms with Gasteiger partial charge in [-0.3, -0.25) is 9.69 Å². The van der Waals surface area contributed by atoms with Crippen molar-refractivity contribution in [3.05, 3.63) is 53.2 Å². The van der Waals surface area contributed by atoms with Gasteiger partial charge in [-0.1, -0.05) is 12.1 Å². The maximum absolute atomic E-state index is 13.0. The first kappa shape index (κ1) is 18.0. The summed E-state index contributed by atoms with van der Waals surface area (Å²) in [6.45, 7) is -0.0386. The largest absolute Gasteiger partial charge is 0.477 e. The number of aromatic carboxylic acids is 1. The SMILES string of the molecule is O=C(O)c1cnn2c1N(C(=O)CCl)CC=C2c1cccc(C(F)(F)F)c1. The smallest absolute Gasteiger partial charge is 0.416 e. The van der Waals surface area contributed by atoms with Crippen molar-refractivity contribution in [3.63, 3.8) is 0 Å². The number of carbonyl (C=O) groups excluding carboxylic acids is 1. The van der Waals surface area contributed by atoms with Gasteiger partial charge in [0.2, 0.25) is 5.91 Å². The van der Waals surface area contributed by atoms with Crippen molar-refractivity contribution in [2.24, 2.45) is 0 Å². The van der Waals surface area contributed by atoms with Gasteiger partial charge in [-0.2, -0.15) is 18.3 Å². The highest BCUT2D eigenvalue weighted by Gasteiger charge is 2.33. The first-order valence-electron chi connectivity index (χ1n) is 7.30. The Labute approximate surface area is 150 Å². The number of rotatable bonds is 3. The minimum absolute atomic E-state index is 0.0386. The van der Waals surface area contributed by atoms with Gasteiger partial charge < -0.3 is 5.11 Å². The second-order valence-electron chi connectivity index (χ2n) is 5.40. The third kappa shape index (κ3) is 3.05. The third-order valence-corrected chi connectivity index (χ3v) is 4.05. The Morgan fingerprint density at radius 1 is 1.31 bits per heavy atom. The van der Waals surface area contributed by atoms with Crippen LogP contribution in [-0.2, 0) is 11.0 Å². The van der Waals surface area contributed by atoms with Gasteiger partial charge >= 0.3 is 12.1 Å². The number of carboxylic acids is 1. The molecule has 3 rings (SSSR count). The van der Waals surface area contributed by atoms with E-state index < -0.39 is 23.6 Å². The van der Waals surface area contributed by atoms with Gasteiger partial charge in [0.15, 0.2) is 5.82 Å². The molecule has 0 saturated heterocycles. The van der Waals surface area contributed by atoms with Crippen molar-refractivity contribution < 1.29 is 27.9 Å². The standard InChI is InChI=1S/C16H11ClF3N3O3/c17-7-13(24)22-5-4-12(23-14(22)11(8-21-23)15(25)26)9-2-1-3-10(6-9)16(18,19)20/h1-4,6,8H,5,7H2,(H,25,26). The Morgan fingerprint density at radius 2 is 2.04 bits per heavy atom. The monoisotopic (exact) mass is 385 g/mol. The molecule has 1 N–H and O–H groups in total. The number of fused-ring (bicyclic) bond motifs is 1. The van der Waals surface area contributed by atoms with Gasteiger partial charge in [-0.25, -0.2) is 9.48 Å². The van der Waals surface area contributed by atoms with Crippen LogP contribution in [0.15, 0.2) is 36.5 Å². The fourth-order valence-corrected chi connectivity index (χ4v) is 2.81. The fourth-order valence-electron chi connectivity index (χ4n) is 2.67. The first-order valence-corrected chi connectivity index (χ1v) is 7.83. The zero-order valence-electron chi connectivity index (χ0n) is 13.0. The summed E-state index contributed by atoms with van der Waals surface area (Å²) in [5, 5.41) is 13.3. The number of nitrogens with zero attached hydrogens (tertiary/aromatic N) is 3. The summed E-state index contributed by atoms with van der Waals surface area (Å²) in [4.78, 5) is 24.6. The number of hydrogen-bond donors (Lipinski definition) is 1. The van der Waals surface area contributed by atoms with E-state index in [4.69, 9.17) is 11.6 Å². The predicted octanol–water partition coefficient (Wildman–Crippen LogP) is 3.07. The fraction of sp³-hybridized carbons (Fsp3) is 0.188. The van der Waals surface area contributed by atoms with Gasteiger partial charge in [0.25, 0.3) is 0 Å². The van der Waals surface area contributed by atoms with E-state index in [1.54, 1.807) is 0 Å². The zero-order chi connectivity index (χ0) is 19.1. The Balaban J connectivity index is 2.14. The molecule has 0 radical (unpaired) electrons. The van der Waals surface area contributed by atoms with Crippen LogP contribution in [0.5, 0.6) is 0 Å². The number of hydrogen-bond acceptors (Lipinski definition) is 3. The van der Waals surface area contributed by atoms with Gasteiger partial charge in [0, 0.05) is 12.1 Å². The average molecular weight is 386 g/mol. The summed E-state index contributed by atoms with van der Waals surface area (Å²) in [5.41, 5.74) is -0.653. The van der Waals surface area contributed by atoms with Crippen LogP contribution in [0.4, 0.5) is 19.0 Å². The molecule has 0 atom stereocenters. The van der Waals surface area contributed by atoms with E-state index in [2.05, 4.69) is 5.10 Å². The van der Waals surface area contributed by atoms with E-state index in [0.717, 1.165) is 27.9 Å². The Bertz CT molecular complexity index is 921. The zero-order valence-corrected chi connectivity index (χ0v) is 13.8. The Morgan fingerprint density at radius 3 is 2.65 bits per heavy atom. The van der Waals surface area contributed by atoms with Crippen LogP contribution in [-0.4, -0.2) is 39.2 Å². The number of benzene rings is 1. The summed E-state index contributed by atoms with van der Waals surface area (Å²) in [6.07, 6.45) is -1.99. The highest BCUT2D eigenvalue weighted by atomic mass is 35.5. The molecule has 1 aromatic carbocycles. The maximum Gasteiger partial charge on any atom is 0.416 e. The molecule has 10 heteroatoms. The van der Waals surface area contributed by atoms with Crippen LogP contribution < -0.4 is 4.90 Å². The number of alkyl halides is 4. The van der Waals surface area contributed by atoms with Crippen LogP contribution in [0.1, 0.15) is 21.5 Å². The van der Waals surface area contributed by atoms with Crippen LogP contribution >= 0.6 is 11.6 Å². The molecule has 26 heavy (non-hydrogen) atoms. The first-order chi connectivity index (χ1) is 12.2. The number of carbonyl (C=O) groups is 2. The van der Waals surface area contributed by atoms with Crippen molar-refractivity contribution in [1.82, 2.24) is 9.78 Å². The van der Waals surface area contributed by atoms with E-state index in [-0.39, 0.29) is 35.1 Å². The molecule has 1 aliphatic heterocycles. The van der Waals surface area contributed by atoms with Gasteiger partial charge in [0.1, 0.15) is 11.4 Å². The number of halogens is 4. The predicted molar refractivity (Wildman–Crippen MR) is 87.1 cm³/mol. The molecule has 1 amide bonds.